The summed E-state index contributed by atoms with van der Waals surface area (Å²) < 4.78 is 13.8. The highest BCUT2D eigenvalue weighted by molar-refractivity contribution is 5.71. The average Bonchev–Trinajstić information content (AvgIpc) is 2.46. The molecule has 1 N–H and O–H groups in total. The van der Waals surface area contributed by atoms with Crippen LogP contribution in [0.4, 0.5) is 10.1 Å². The summed E-state index contributed by atoms with van der Waals surface area (Å²) in [6.45, 7) is 0. The van der Waals surface area contributed by atoms with Crippen LogP contribution >= 0.6 is 0 Å². The summed E-state index contributed by atoms with van der Waals surface area (Å²) in [5.74, 6) is -1.43. The van der Waals surface area contributed by atoms with E-state index in [1.54, 1.807) is 19.2 Å². The lowest BCUT2D eigenvalue weighted by molar-refractivity contribution is -0.138. The summed E-state index contributed by atoms with van der Waals surface area (Å²) in [7, 11) is 1.77. The quantitative estimate of drug-likeness (QED) is 0.924. The SMILES string of the molecule is CN(c1cccc(F)c1C#N)C1(CC(=O)O)CCCCC1. The highest BCUT2D eigenvalue weighted by Crippen LogP contribution is 2.39. The van der Waals surface area contributed by atoms with Crippen molar-refractivity contribution in [2.45, 2.75) is 44.1 Å². The van der Waals surface area contributed by atoms with Crippen LogP contribution in [0.25, 0.3) is 0 Å². The number of carboxylic acid groups (broad SMARTS) is 1. The first-order valence-corrected chi connectivity index (χ1v) is 7.14. The molecule has 2 rings (SSSR count). The third kappa shape index (κ3) is 2.99. The van der Waals surface area contributed by atoms with Gasteiger partial charge in [0.25, 0.3) is 0 Å². The minimum absolute atomic E-state index is 0.00484. The molecular weight excluding hydrogens is 271 g/mol. The number of hydrogen-bond acceptors (Lipinski definition) is 3. The lowest BCUT2D eigenvalue weighted by atomic mass is 9.77. The molecule has 5 heteroatoms. The van der Waals surface area contributed by atoms with E-state index < -0.39 is 17.3 Å². The van der Waals surface area contributed by atoms with Crippen LogP contribution in [0.5, 0.6) is 0 Å². The smallest absolute Gasteiger partial charge is 0.305 e. The molecule has 1 aromatic rings. The summed E-state index contributed by atoms with van der Waals surface area (Å²) in [6, 6.07) is 6.38. The van der Waals surface area contributed by atoms with Gasteiger partial charge >= 0.3 is 5.97 Å². The summed E-state index contributed by atoms with van der Waals surface area (Å²) in [6.07, 6.45) is 4.49. The van der Waals surface area contributed by atoms with Gasteiger partial charge in [0.1, 0.15) is 17.4 Å². The molecule has 112 valence electrons. The van der Waals surface area contributed by atoms with Crippen molar-refractivity contribution in [2.75, 3.05) is 11.9 Å². The second kappa shape index (κ2) is 6.13. The van der Waals surface area contributed by atoms with Gasteiger partial charge in [-0.2, -0.15) is 5.26 Å². The molecule has 0 unspecified atom stereocenters. The summed E-state index contributed by atoms with van der Waals surface area (Å²) >= 11 is 0. The van der Waals surface area contributed by atoms with Gasteiger partial charge in [0.05, 0.1) is 17.6 Å². The highest BCUT2D eigenvalue weighted by Gasteiger charge is 2.39. The maximum Gasteiger partial charge on any atom is 0.305 e. The second-order valence-electron chi connectivity index (χ2n) is 5.66. The van der Waals surface area contributed by atoms with E-state index in [9.17, 15) is 19.6 Å². The number of carboxylic acids is 1. The normalized spacial score (nSPS) is 17.0. The van der Waals surface area contributed by atoms with E-state index in [1.165, 1.54) is 6.07 Å². The molecule has 1 aliphatic rings. The number of nitriles is 1. The van der Waals surface area contributed by atoms with Crippen LogP contribution in [0.3, 0.4) is 0 Å². The third-order valence-corrected chi connectivity index (χ3v) is 4.44. The minimum Gasteiger partial charge on any atom is -0.481 e. The summed E-state index contributed by atoms with van der Waals surface area (Å²) in [5.41, 5.74) is -0.0836. The zero-order chi connectivity index (χ0) is 15.5. The topological polar surface area (TPSA) is 64.3 Å². The standard InChI is InChI=1S/C16H19FN2O2/c1-19(14-7-5-6-13(17)12(14)11-18)16(10-15(20)21)8-3-2-4-9-16/h5-7H,2-4,8-10H2,1H3,(H,20,21). The predicted octanol–water partition coefficient (Wildman–Crippen LogP) is 3.31. The highest BCUT2D eigenvalue weighted by atomic mass is 19.1. The van der Waals surface area contributed by atoms with E-state index in [0.717, 1.165) is 32.1 Å². The molecule has 0 saturated heterocycles. The fourth-order valence-corrected chi connectivity index (χ4v) is 3.28. The molecule has 0 radical (unpaired) electrons. The Balaban J connectivity index is 2.43. The number of hydrogen-bond donors (Lipinski definition) is 1. The van der Waals surface area contributed by atoms with Crippen LogP contribution in [-0.4, -0.2) is 23.7 Å². The van der Waals surface area contributed by atoms with Gasteiger partial charge in [-0.25, -0.2) is 4.39 Å². The van der Waals surface area contributed by atoms with Crippen LogP contribution in [0.15, 0.2) is 18.2 Å². The van der Waals surface area contributed by atoms with E-state index in [4.69, 9.17) is 0 Å². The molecule has 1 fully saturated rings. The van der Waals surface area contributed by atoms with Gasteiger partial charge in [-0.3, -0.25) is 4.79 Å². The number of rotatable bonds is 4. The van der Waals surface area contributed by atoms with Gasteiger partial charge in [0.15, 0.2) is 0 Å². The number of anilines is 1. The first-order chi connectivity index (χ1) is 10.00. The lowest BCUT2D eigenvalue weighted by Gasteiger charge is -2.45. The Morgan fingerprint density at radius 1 is 1.43 bits per heavy atom. The molecular formula is C16H19FN2O2. The van der Waals surface area contributed by atoms with Crippen molar-refractivity contribution in [3.05, 3.63) is 29.6 Å². The van der Waals surface area contributed by atoms with Crippen LogP contribution in [0.2, 0.25) is 0 Å². The molecule has 0 bridgehead atoms. The van der Waals surface area contributed by atoms with Gasteiger partial charge in [0, 0.05) is 7.05 Å². The van der Waals surface area contributed by atoms with E-state index in [1.807, 2.05) is 11.0 Å². The maximum absolute atomic E-state index is 13.8. The Bertz CT molecular complexity index is 574. The van der Waals surface area contributed by atoms with Crippen molar-refractivity contribution in [1.29, 1.82) is 5.26 Å². The minimum atomic E-state index is -0.862. The Morgan fingerprint density at radius 2 is 2.10 bits per heavy atom. The van der Waals surface area contributed by atoms with Crippen LogP contribution < -0.4 is 4.90 Å². The zero-order valence-corrected chi connectivity index (χ0v) is 12.1. The molecule has 0 heterocycles. The molecule has 0 atom stereocenters. The van der Waals surface area contributed by atoms with Crippen molar-refractivity contribution >= 4 is 11.7 Å². The second-order valence-corrected chi connectivity index (χ2v) is 5.66. The maximum atomic E-state index is 13.8. The monoisotopic (exact) mass is 290 g/mol. The number of nitrogens with zero attached hydrogens (tertiary/aromatic N) is 2. The molecule has 1 saturated carbocycles. The van der Waals surface area contributed by atoms with Gasteiger partial charge < -0.3 is 10.0 Å². The Kier molecular flexibility index (Phi) is 4.46. The molecule has 21 heavy (non-hydrogen) atoms. The van der Waals surface area contributed by atoms with Gasteiger partial charge in [0.2, 0.25) is 0 Å². The fraction of sp³-hybridized carbons (Fsp3) is 0.500. The van der Waals surface area contributed by atoms with E-state index >= 15 is 0 Å². The third-order valence-electron chi connectivity index (χ3n) is 4.44. The number of benzene rings is 1. The molecule has 0 amide bonds. The molecule has 1 aliphatic carbocycles. The van der Waals surface area contributed by atoms with Crippen molar-refractivity contribution in [3.63, 3.8) is 0 Å². The van der Waals surface area contributed by atoms with Crippen molar-refractivity contribution < 1.29 is 14.3 Å². The summed E-state index contributed by atoms with van der Waals surface area (Å²) in [4.78, 5) is 13.1. The largest absolute Gasteiger partial charge is 0.481 e. The van der Waals surface area contributed by atoms with Crippen molar-refractivity contribution in [3.8, 4) is 6.07 Å². The van der Waals surface area contributed by atoms with E-state index in [2.05, 4.69) is 0 Å². The Labute approximate surface area is 123 Å². The van der Waals surface area contributed by atoms with Crippen molar-refractivity contribution in [2.24, 2.45) is 0 Å². The first kappa shape index (κ1) is 15.3. The molecule has 1 aromatic carbocycles. The van der Waals surface area contributed by atoms with Crippen LogP contribution in [-0.2, 0) is 4.79 Å². The van der Waals surface area contributed by atoms with Crippen LogP contribution in [0.1, 0.15) is 44.1 Å². The van der Waals surface area contributed by atoms with Crippen LogP contribution in [0, 0.1) is 17.1 Å². The van der Waals surface area contributed by atoms with Gasteiger partial charge in [-0.05, 0) is 25.0 Å². The molecule has 0 aromatic heterocycles. The van der Waals surface area contributed by atoms with Gasteiger partial charge in [-0.15, -0.1) is 0 Å². The first-order valence-electron chi connectivity index (χ1n) is 7.14. The number of halogens is 1. The van der Waals surface area contributed by atoms with E-state index in [-0.39, 0.29) is 12.0 Å². The van der Waals surface area contributed by atoms with E-state index in [0.29, 0.717) is 5.69 Å². The molecule has 0 spiro atoms. The number of carbonyl (C=O) groups is 1. The molecule has 0 aliphatic heterocycles. The Morgan fingerprint density at radius 3 is 2.67 bits per heavy atom. The van der Waals surface area contributed by atoms with Crippen molar-refractivity contribution in [1.82, 2.24) is 0 Å². The average molecular weight is 290 g/mol. The zero-order valence-electron chi connectivity index (χ0n) is 12.1. The Hall–Kier alpha value is -2.09. The van der Waals surface area contributed by atoms with Gasteiger partial charge in [-0.1, -0.05) is 25.3 Å². The fourth-order valence-electron chi connectivity index (χ4n) is 3.28. The predicted molar refractivity (Wildman–Crippen MR) is 77.6 cm³/mol. The summed E-state index contributed by atoms with van der Waals surface area (Å²) in [5, 5.41) is 18.4. The lowest BCUT2D eigenvalue weighted by Crippen LogP contribution is -2.50. The molecule has 4 nitrogen and oxygen atoms in total. The number of aliphatic carboxylic acids is 1.